The van der Waals surface area contributed by atoms with Crippen LogP contribution in [0.15, 0.2) is 158 Å². The number of hydrogen-bond acceptors (Lipinski definition) is 14. The summed E-state index contributed by atoms with van der Waals surface area (Å²) >= 11 is 0. The van der Waals surface area contributed by atoms with E-state index in [1.54, 1.807) is 0 Å². The zero-order valence-electron chi connectivity index (χ0n) is 50.0. The topological polar surface area (TPSA) is 129 Å². The second-order valence-corrected chi connectivity index (χ2v) is 22.7. The maximum atomic E-state index is 6.63. The number of aryl methyl sites for hydroxylation is 2. The van der Waals surface area contributed by atoms with Crippen molar-refractivity contribution in [1.82, 2.24) is 0 Å². The van der Waals surface area contributed by atoms with Crippen molar-refractivity contribution in [2.45, 2.75) is 89.6 Å². The summed E-state index contributed by atoms with van der Waals surface area (Å²) in [5.41, 5.74) is 8.73. The minimum atomic E-state index is 0. The second kappa shape index (κ2) is 32.7. The van der Waals surface area contributed by atoms with Gasteiger partial charge in [-0.25, -0.2) is 11.8 Å². The van der Waals surface area contributed by atoms with Crippen LogP contribution in [0.5, 0.6) is 34.5 Å². The van der Waals surface area contributed by atoms with Crippen LogP contribution in [0.2, 0.25) is 0 Å². The molecule has 4 fully saturated rings. The SMILES string of the molecule is Cc1ccc2c(-c3c(OCOC4CCC(OCOc5ccc(-c6ccc(OCOC[C-]7COC7)cc6)cc5)CC4)ccc4cc(C)ccc34)cc(OCOC3CCC(OCOc4ccc(-c5ccc(OCOC[C-]6COC6)cc5)cc4)CC3)cc2c1.[W].[W]. The number of fused-ring (bicyclic) bond motifs is 2. The number of hydrogen-bond donors (Lipinski definition) is 0. The minimum absolute atomic E-state index is 0. The van der Waals surface area contributed by atoms with Gasteiger partial charge in [-0.3, -0.25) is 0 Å². The molecule has 14 nitrogen and oxygen atoms in total. The fourth-order valence-electron chi connectivity index (χ4n) is 11.3. The molecule has 2 saturated heterocycles. The van der Waals surface area contributed by atoms with Crippen LogP contribution in [0, 0.1) is 25.7 Å². The monoisotopic (exact) mass is 1530 g/mol. The zero-order valence-corrected chi connectivity index (χ0v) is 55.9. The van der Waals surface area contributed by atoms with Crippen molar-refractivity contribution in [3.8, 4) is 67.9 Å². The molecule has 2 saturated carbocycles. The second-order valence-electron chi connectivity index (χ2n) is 22.7. The van der Waals surface area contributed by atoms with Crippen LogP contribution < -0.4 is 28.4 Å². The normalized spacial score (nSPS) is 18.5. The Morgan fingerprint density at radius 1 is 0.352 bits per heavy atom. The smallest absolute Gasteiger partial charge is 0.189 e. The van der Waals surface area contributed by atoms with E-state index in [0.717, 1.165) is 141 Å². The molecule has 0 spiro atoms. The molecule has 88 heavy (non-hydrogen) atoms. The molecule has 12 rings (SSSR count). The van der Waals surface area contributed by atoms with Crippen LogP contribution in [-0.2, 0) is 80.0 Å². The van der Waals surface area contributed by atoms with E-state index < -0.39 is 0 Å². The van der Waals surface area contributed by atoms with Gasteiger partial charge in [-0.1, -0.05) is 142 Å². The average Bonchev–Trinajstić information content (AvgIpc) is 1.31. The molecule has 0 aromatic heterocycles. The Labute approximate surface area is 545 Å². The summed E-state index contributed by atoms with van der Waals surface area (Å²) in [6, 6.07) is 53.7. The first-order valence-corrected chi connectivity index (χ1v) is 30.1. The summed E-state index contributed by atoms with van der Waals surface area (Å²) in [6.45, 7) is 9.20. The van der Waals surface area contributed by atoms with Crippen molar-refractivity contribution in [2.75, 3.05) is 80.4 Å². The van der Waals surface area contributed by atoms with Gasteiger partial charge in [-0.15, -0.1) is 0 Å². The maximum absolute atomic E-state index is 6.63. The molecule has 462 valence electrons. The van der Waals surface area contributed by atoms with Gasteiger partial charge in [-0.2, -0.15) is 0 Å². The molecular formula is C72H76O14W2-2. The van der Waals surface area contributed by atoms with E-state index in [0.29, 0.717) is 39.6 Å². The van der Waals surface area contributed by atoms with Gasteiger partial charge < -0.3 is 66.3 Å². The van der Waals surface area contributed by atoms with Crippen LogP contribution in [0.3, 0.4) is 0 Å². The standard InChI is InChI=1S/C72H76O14.2W/c1-49-4-31-69-57(33-49)13-32-71(86-48-84-66-28-26-64(27-29-66)82-46-80-62-20-11-56(12-21-62)54-7-16-60(17-8-54)78-44-76-42-52-39-74-40-52)72(69)70-36-67(35-58-34-50(2)3-30-68(58)70)85-47-83-65-24-22-63(23-25-65)81-45-79-61-18-9-55(10-19-61)53-5-14-59(15-6-53)77-43-75-41-51-37-73-38-51;;/h3-21,30-36,63-66H,22-29,37-48H2,1-2H3;;/q-2;;. The Hall–Kier alpha value is -5.86. The van der Waals surface area contributed by atoms with Gasteiger partial charge in [0.15, 0.2) is 40.8 Å². The van der Waals surface area contributed by atoms with E-state index in [4.69, 9.17) is 66.3 Å². The molecule has 0 atom stereocenters. The molecule has 4 aliphatic rings. The first kappa shape index (κ1) is 65.1. The van der Waals surface area contributed by atoms with Gasteiger partial charge in [0.05, 0.1) is 24.4 Å². The number of rotatable bonds is 29. The summed E-state index contributed by atoms with van der Waals surface area (Å²) in [6.07, 6.45) is 7.32. The molecule has 0 N–H and O–H groups in total. The van der Waals surface area contributed by atoms with Gasteiger partial charge in [0, 0.05) is 47.7 Å². The molecule has 8 aromatic rings. The van der Waals surface area contributed by atoms with Gasteiger partial charge >= 0.3 is 0 Å². The van der Waals surface area contributed by atoms with Gasteiger partial charge in [0.2, 0.25) is 0 Å². The van der Waals surface area contributed by atoms with Crippen LogP contribution in [0.1, 0.15) is 62.5 Å². The molecule has 0 radical (unpaired) electrons. The molecular weight excluding hydrogens is 1460 g/mol. The zero-order chi connectivity index (χ0) is 58.3. The molecule has 0 bridgehead atoms. The molecule has 0 amide bonds. The van der Waals surface area contributed by atoms with Crippen LogP contribution in [0.4, 0.5) is 0 Å². The van der Waals surface area contributed by atoms with E-state index in [9.17, 15) is 0 Å². The Balaban J connectivity index is 0.00000428. The third-order valence-corrected chi connectivity index (χ3v) is 16.4. The van der Waals surface area contributed by atoms with Crippen molar-refractivity contribution >= 4 is 21.5 Å². The van der Waals surface area contributed by atoms with Gasteiger partial charge in [-0.05, 0) is 181 Å². The Kier molecular flexibility index (Phi) is 24.2. The van der Waals surface area contributed by atoms with Gasteiger partial charge in [0.1, 0.15) is 34.5 Å². The average molecular weight is 1530 g/mol. The van der Waals surface area contributed by atoms with E-state index >= 15 is 0 Å². The molecule has 2 aliphatic heterocycles. The largest absolute Gasteiger partial charge is 0.468 e. The van der Waals surface area contributed by atoms with Gasteiger partial charge in [0.25, 0.3) is 0 Å². The van der Waals surface area contributed by atoms with Crippen molar-refractivity contribution in [3.05, 3.63) is 181 Å². The molecule has 2 heterocycles. The maximum Gasteiger partial charge on any atom is 0.189 e. The first-order valence-electron chi connectivity index (χ1n) is 30.1. The predicted molar refractivity (Wildman–Crippen MR) is 330 cm³/mol. The summed E-state index contributed by atoms with van der Waals surface area (Å²) in [4.78, 5) is 0. The minimum Gasteiger partial charge on any atom is -0.468 e. The third kappa shape index (κ3) is 18.0. The molecule has 2 aliphatic carbocycles. The molecule has 16 heteroatoms. The number of ether oxygens (including phenoxy) is 14. The Morgan fingerprint density at radius 2 is 0.716 bits per heavy atom. The quantitative estimate of drug-likeness (QED) is 0.0250. The number of benzene rings is 8. The summed E-state index contributed by atoms with van der Waals surface area (Å²) in [5.74, 6) is 7.04. The van der Waals surface area contributed by atoms with Crippen molar-refractivity contribution in [1.29, 1.82) is 0 Å². The Bertz CT molecular complexity index is 3420. The van der Waals surface area contributed by atoms with Crippen molar-refractivity contribution in [2.24, 2.45) is 0 Å². The third-order valence-electron chi connectivity index (χ3n) is 16.4. The van der Waals surface area contributed by atoms with Crippen molar-refractivity contribution < 1.29 is 108 Å². The van der Waals surface area contributed by atoms with E-state index in [-0.39, 0.29) is 107 Å². The van der Waals surface area contributed by atoms with Crippen LogP contribution in [-0.4, -0.2) is 105 Å². The summed E-state index contributed by atoms with van der Waals surface area (Å²) in [5, 5.41) is 4.41. The van der Waals surface area contributed by atoms with E-state index in [1.165, 1.54) is 23.0 Å². The summed E-state index contributed by atoms with van der Waals surface area (Å²) in [7, 11) is 0. The predicted octanol–water partition coefficient (Wildman–Crippen LogP) is 15.0. The van der Waals surface area contributed by atoms with Crippen molar-refractivity contribution in [3.63, 3.8) is 0 Å². The fraction of sp³-hybridized carbons (Fsp3) is 0.361. The van der Waals surface area contributed by atoms with Crippen LogP contribution >= 0.6 is 0 Å². The van der Waals surface area contributed by atoms with E-state index in [2.05, 4.69) is 98.8 Å². The first-order chi connectivity index (χ1) is 42.4. The molecule has 8 aromatic carbocycles. The Morgan fingerprint density at radius 3 is 1.11 bits per heavy atom. The van der Waals surface area contributed by atoms with Crippen LogP contribution in [0.25, 0.3) is 54.9 Å². The van der Waals surface area contributed by atoms with E-state index in [1.807, 2.05) is 72.8 Å². The fourth-order valence-corrected chi connectivity index (χ4v) is 11.3. The summed E-state index contributed by atoms with van der Waals surface area (Å²) < 4.78 is 83.3. The molecule has 0 unspecified atom stereocenters.